The Balaban J connectivity index is 2.37. The average Bonchev–Trinajstić information content (AvgIpc) is 1.88. The van der Waals surface area contributed by atoms with Crippen LogP contribution in [0, 0.1) is 0 Å². The molecule has 5 heteroatoms. The van der Waals surface area contributed by atoms with Crippen molar-refractivity contribution in [1.29, 1.82) is 0 Å². The van der Waals surface area contributed by atoms with E-state index in [1.807, 2.05) is 6.08 Å². The van der Waals surface area contributed by atoms with Gasteiger partial charge < -0.3 is 4.55 Å². The Kier molecular flexibility index (Phi) is 2.61. The van der Waals surface area contributed by atoms with Crippen LogP contribution in [0.25, 0.3) is 0 Å². The number of nitrogens with zero attached hydrogens (tertiary/aromatic N) is 1. The third-order valence-electron chi connectivity index (χ3n) is 0.941. The lowest BCUT2D eigenvalue weighted by molar-refractivity contribution is 0.00877. The molecule has 0 aliphatic carbocycles. The number of hydrogen-bond donors (Lipinski definition) is 0. The highest BCUT2D eigenvalue weighted by molar-refractivity contribution is 7.74. The second kappa shape index (κ2) is 3.50. The lowest BCUT2D eigenvalue weighted by Crippen LogP contribution is -2.20. The maximum Gasteiger partial charge on any atom is 0.112 e. The van der Waals surface area contributed by atoms with E-state index in [0.29, 0.717) is 6.54 Å². The molecule has 4 nitrogen and oxygen atoms in total. The highest BCUT2D eigenvalue weighted by atomic mass is 32.2. The first-order chi connectivity index (χ1) is 4.79. The van der Waals surface area contributed by atoms with Gasteiger partial charge in [-0.3, -0.25) is 0 Å². The number of allylic oxidation sites excluding steroid dienone is 2. The largest absolute Gasteiger partial charge is 0.748 e. The Labute approximate surface area is 61.2 Å². The molecule has 1 unspecified atom stereocenters. The van der Waals surface area contributed by atoms with E-state index in [2.05, 4.69) is 4.28 Å². The summed E-state index contributed by atoms with van der Waals surface area (Å²) in [4.78, 5) is 0. The van der Waals surface area contributed by atoms with Gasteiger partial charge in [0, 0.05) is 6.20 Å². The normalized spacial score (nSPS) is 19.5. The van der Waals surface area contributed by atoms with Gasteiger partial charge in [-0.1, -0.05) is 12.2 Å². The lowest BCUT2D eigenvalue weighted by atomic mass is 10.4. The van der Waals surface area contributed by atoms with E-state index in [9.17, 15) is 8.76 Å². The Morgan fingerprint density at radius 1 is 1.60 bits per heavy atom. The molecule has 0 fully saturated rings. The Morgan fingerprint density at radius 2 is 2.40 bits per heavy atom. The van der Waals surface area contributed by atoms with E-state index >= 15 is 0 Å². The van der Waals surface area contributed by atoms with E-state index in [1.54, 1.807) is 12.2 Å². The minimum absolute atomic E-state index is 0.463. The van der Waals surface area contributed by atoms with Gasteiger partial charge in [-0.15, -0.1) is 0 Å². The predicted octanol–water partition coefficient (Wildman–Crippen LogP) is 0.0976. The monoisotopic (exact) mass is 160 g/mol. The maximum atomic E-state index is 9.95. The quantitative estimate of drug-likeness (QED) is 0.537. The molecule has 0 saturated heterocycles. The molecule has 1 rings (SSSR count). The Morgan fingerprint density at radius 3 is 2.90 bits per heavy atom. The molecule has 0 aromatic heterocycles. The SMILES string of the molecule is O=S([O-])ON1C=CC=CC1. The molecule has 0 aromatic carbocycles. The standard InChI is InChI=1S/C5H7NO3S/c7-10(8)9-6-4-2-1-3-5-6/h1-4H,5H2,(H,7,8)/p-1. The highest BCUT2D eigenvalue weighted by Gasteiger charge is 1.98. The van der Waals surface area contributed by atoms with Crippen molar-refractivity contribution in [3.63, 3.8) is 0 Å². The molecule has 0 amide bonds. The van der Waals surface area contributed by atoms with Crippen LogP contribution in [0.2, 0.25) is 0 Å². The summed E-state index contributed by atoms with van der Waals surface area (Å²) in [5.41, 5.74) is 0. The van der Waals surface area contributed by atoms with Crippen molar-refractivity contribution >= 4 is 11.4 Å². The molecule has 56 valence electrons. The molecule has 0 radical (unpaired) electrons. The van der Waals surface area contributed by atoms with Gasteiger partial charge in [0.15, 0.2) is 0 Å². The highest BCUT2D eigenvalue weighted by Crippen LogP contribution is 1.99. The second-order valence-corrected chi connectivity index (χ2v) is 2.21. The predicted molar refractivity (Wildman–Crippen MR) is 35.0 cm³/mol. The fourth-order valence-corrected chi connectivity index (χ4v) is 0.850. The van der Waals surface area contributed by atoms with Crippen LogP contribution in [0.3, 0.4) is 0 Å². The van der Waals surface area contributed by atoms with Crippen LogP contribution >= 0.6 is 0 Å². The third-order valence-corrected chi connectivity index (χ3v) is 1.25. The number of rotatable bonds is 2. The van der Waals surface area contributed by atoms with Crippen LogP contribution in [0.5, 0.6) is 0 Å². The van der Waals surface area contributed by atoms with Crippen LogP contribution in [-0.4, -0.2) is 20.4 Å². The van der Waals surface area contributed by atoms with E-state index in [-0.39, 0.29) is 0 Å². The zero-order valence-corrected chi connectivity index (χ0v) is 5.91. The minimum atomic E-state index is -2.47. The molecule has 0 aromatic rings. The maximum absolute atomic E-state index is 9.95. The smallest absolute Gasteiger partial charge is 0.112 e. The molecule has 0 spiro atoms. The first kappa shape index (κ1) is 7.46. The molecule has 1 aliphatic rings. The zero-order chi connectivity index (χ0) is 7.40. The summed E-state index contributed by atoms with van der Waals surface area (Å²) < 4.78 is 24.2. The van der Waals surface area contributed by atoms with Crippen molar-refractivity contribution in [1.82, 2.24) is 5.06 Å². The zero-order valence-electron chi connectivity index (χ0n) is 5.10. The topological polar surface area (TPSA) is 52.6 Å². The number of hydrogen-bond acceptors (Lipinski definition) is 4. The van der Waals surface area contributed by atoms with Gasteiger partial charge in [-0.25, -0.2) is 9.27 Å². The molecular formula is C5H6NO3S-. The van der Waals surface area contributed by atoms with Gasteiger partial charge in [-0.2, -0.15) is 4.28 Å². The van der Waals surface area contributed by atoms with Crippen molar-refractivity contribution < 1.29 is 13.0 Å². The fourth-order valence-electron chi connectivity index (χ4n) is 0.583. The van der Waals surface area contributed by atoms with Crippen molar-refractivity contribution in [2.45, 2.75) is 0 Å². The van der Waals surface area contributed by atoms with Gasteiger partial charge >= 0.3 is 0 Å². The van der Waals surface area contributed by atoms with Crippen molar-refractivity contribution in [2.75, 3.05) is 6.54 Å². The summed E-state index contributed by atoms with van der Waals surface area (Å²) in [6.07, 6.45) is 6.83. The third kappa shape index (κ3) is 2.30. The summed E-state index contributed by atoms with van der Waals surface area (Å²) in [7, 11) is 0. The molecule has 0 saturated carbocycles. The van der Waals surface area contributed by atoms with Gasteiger partial charge in [-0.05, 0) is 6.08 Å². The lowest BCUT2D eigenvalue weighted by Gasteiger charge is -2.19. The fraction of sp³-hybridized carbons (Fsp3) is 0.200. The first-order valence-corrected chi connectivity index (χ1v) is 3.67. The molecule has 0 bridgehead atoms. The van der Waals surface area contributed by atoms with Crippen molar-refractivity contribution in [3.8, 4) is 0 Å². The summed E-state index contributed by atoms with van der Waals surface area (Å²) in [5, 5.41) is 1.21. The van der Waals surface area contributed by atoms with Crippen LogP contribution in [0.15, 0.2) is 24.4 Å². The van der Waals surface area contributed by atoms with Gasteiger partial charge in [0.1, 0.15) is 11.4 Å². The Bertz CT molecular complexity index is 189. The van der Waals surface area contributed by atoms with Crippen LogP contribution in [0.1, 0.15) is 0 Å². The number of hydroxylamine groups is 2. The molecule has 10 heavy (non-hydrogen) atoms. The first-order valence-electron chi connectivity index (χ1n) is 2.67. The Hall–Kier alpha value is -0.650. The van der Waals surface area contributed by atoms with Crippen molar-refractivity contribution in [2.24, 2.45) is 0 Å². The summed E-state index contributed by atoms with van der Waals surface area (Å²) in [6.45, 7) is 0.463. The summed E-state index contributed by atoms with van der Waals surface area (Å²) in [6, 6.07) is 0. The van der Waals surface area contributed by atoms with Gasteiger partial charge in [0.2, 0.25) is 0 Å². The minimum Gasteiger partial charge on any atom is -0.748 e. The van der Waals surface area contributed by atoms with Gasteiger partial charge in [0.25, 0.3) is 0 Å². The molecule has 1 heterocycles. The second-order valence-electron chi connectivity index (χ2n) is 1.65. The van der Waals surface area contributed by atoms with E-state index in [0.717, 1.165) is 0 Å². The summed E-state index contributed by atoms with van der Waals surface area (Å²) in [5.74, 6) is 0. The van der Waals surface area contributed by atoms with E-state index < -0.39 is 11.4 Å². The van der Waals surface area contributed by atoms with Gasteiger partial charge in [0.05, 0.1) is 6.54 Å². The molecule has 1 atom stereocenters. The van der Waals surface area contributed by atoms with E-state index in [4.69, 9.17) is 0 Å². The van der Waals surface area contributed by atoms with Crippen LogP contribution < -0.4 is 0 Å². The van der Waals surface area contributed by atoms with Crippen LogP contribution in [0.4, 0.5) is 0 Å². The molecular weight excluding hydrogens is 154 g/mol. The summed E-state index contributed by atoms with van der Waals surface area (Å²) >= 11 is -2.47. The van der Waals surface area contributed by atoms with Crippen LogP contribution in [-0.2, 0) is 15.6 Å². The van der Waals surface area contributed by atoms with E-state index in [1.165, 1.54) is 11.3 Å². The average molecular weight is 160 g/mol. The van der Waals surface area contributed by atoms with Crippen molar-refractivity contribution in [3.05, 3.63) is 24.4 Å². The molecule has 0 N–H and O–H groups in total. The molecule has 1 aliphatic heterocycles.